The van der Waals surface area contributed by atoms with E-state index in [9.17, 15) is 20.3 Å². The first-order valence-electron chi connectivity index (χ1n) is 17.6. The van der Waals surface area contributed by atoms with E-state index in [2.05, 4.69) is 91.7 Å². The monoisotopic (exact) mass is 746 g/mol. The maximum absolute atomic E-state index is 11.8. The van der Waals surface area contributed by atoms with Crippen molar-refractivity contribution in [2.75, 3.05) is 27.3 Å². The molecule has 54 heavy (non-hydrogen) atoms. The van der Waals surface area contributed by atoms with Gasteiger partial charge < -0.3 is 24.4 Å². The second-order valence-corrected chi connectivity index (χ2v) is 14.3. The van der Waals surface area contributed by atoms with Gasteiger partial charge in [0.2, 0.25) is 0 Å². The van der Waals surface area contributed by atoms with Gasteiger partial charge in [-0.05, 0) is 92.0 Å². The summed E-state index contributed by atoms with van der Waals surface area (Å²) in [5, 5.41) is 31.9. The van der Waals surface area contributed by atoms with Crippen LogP contribution in [0.4, 0.5) is 0 Å². The lowest BCUT2D eigenvalue weighted by molar-refractivity contribution is -0.145. The van der Waals surface area contributed by atoms with Gasteiger partial charge in [-0.1, -0.05) is 60.1 Å². The fourth-order valence-electron chi connectivity index (χ4n) is 6.55. The third-order valence-electron chi connectivity index (χ3n) is 10.0. The van der Waals surface area contributed by atoms with Crippen molar-refractivity contribution >= 4 is 17.6 Å². The number of aliphatic hydroxyl groups is 1. The molecule has 278 valence electrons. The molecule has 4 aromatic carbocycles. The van der Waals surface area contributed by atoms with Crippen LogP contribution in [0.25, 0.3) is 22.3 Å². The smallest absolute Gasteiger partial charge is 0.326 e. The number of aliphatic hydroxyl groups excluding tert-OH is 1. The molecule has 0 bridgehead atoms. The Labute approximate surface area is 320 Å². The van der Waals surface area contributed by atoms with Crippen LogP contribution in [0.3, 0.4) is 0 Å². The number of nitrogens with zero attached hydrogens (tertiary/aromatic N) is 3. The van der Waals surface area contributed by atoms with Gasteiger partial charge in [0.15, 0.2) is 0 Å². The van der Waals surface area contributed by atoms with Gasteiger partial charge in [-0.25, -0.2) is 0 Å². The fraction of sp³-hybridized carbons (Fsp3) is 0.279. The summed E-state index contributed by atoms with van der Waals surface area (Å²) in [5.41, 5.74) is 8.90. The zero-order valence-electron chi connectivity index (χ0n) is 30.9. The number of hydrogen-bond acceptors (Lipinski definition) is 9. The zero-order chi connectivity index (χ0) is 38.6. The second-order valence-electron chi connectivity index (χ2n) is 13.9. The molecular formula is C43H43ClN4O6. The number of benzene rings is 4. The number of halogens is 1. The molecule has 0 radical (unpaired) electrons. The minimum Gasteiger partial charge on any atom is -0.491 e. The molecule has 3 N–H and O–H groups in total. The molecule has 5 aromatic rings. The molecule has 0 aliphatic carbocycles. The van der Waals surface area contributed by atoms with Crippen molar-refractivity contribution < 1.29 is 29.2 Å². The molecule has 2 heterocycles. The van der Waals surface area contributed by atoms with Crippen LogP contribution in [0, 0.1) is 25.2 Å². The van der Waals surface area contributed by atoms with Crippen molar-refractivity contribution in [2.24, 2.45) is 0 Å². The highest BCUT2D eigenvalue weighted by Gasteiger charge is 2.32. The summed E-state index contributed by atoms with van der Waals surface area (Å²) in [6, 6.07) is 26.3. The highest BCUT2D eigenvalue weighted by Crippen LogP contribution is 2.41. The SMILES string of the molecule is Cc1c(COc2cc(OCc3cncc(C#N)c3)c(CNC(C)(CO)C(=O)O)cc2Cl)cccc1-c1cccc(-c2ccc3c(c2)OCC3N(C)C)c1C. The van der Waals surface area contributed by atoms with Crippen LogP contribution < -0.4 is 19.5 Å². The first-order valence-corrected chi connectivity index (χ1v) is 17.9. The Bertz CT molecular complexity index is 2240. The van der Waals surface area contributed by atoms with Crippen molar-refractivity contribution in [1.82, 2.24) is 15.2 Å². The number of likely N-dealkylation sites (N-methyl/N-ethyl adjacent to an activating group) is 1. The second kappa shape index (κ2) is 16.3. The van der Waals surface area contributed by atoms with Crippen LogP contribution in [-0.4, -0.2) is 58.9 Å². The van der Waals surface area contributed by atoms with Crippen molar-refractivity contribution in [3.05, 3.63) is 129 Å². The molecule has 1 aliphatic rings. The van der Waals surface area contributed by atoms with E-state index in [4.69, 9.17) is 25.8 Å². The third-order valence-corrected chi connectivity index (χ3v) is 10.3. The van der Waals surface area contributed by atoms with Gasteiger partial charge in [-0.2, -0.15) is 5.26 Å². The van der Waals surface area contributed by atoms with Gasteiger partial charge in [0.05, 0.1) is 23.2 Å². The van der Waals surface area contributed by atoms with Gasteiger partial charge in [0.1, 0.15) is 48.7 Å². The first kappa shape index (κ1) is 38.3. The van der Waals surface area contributed by atoms with E-state index in [0.717, 1.165) is 44.7 Å². The van der Waals surface area contributed by atoms with Crippen LogP contribution in [0.2, 0.25) is 5.02 Å². The minimum atomic E-state index is -1.59. The number of carbonyl (C=O) groups is 1. The van der Waals surface area contributed by atoms with Crippen molar-refractivity contribution in [3.8, 4) is 45.6 Å². The molecule has 0 spiro atoms. The van der Waals surface area contributed by atoms with E-state index in [0.29, 0.717) is 39.8 Å². The van der Waals surface area contributed by atoms with Crippen LogP contribution in [0.5, 0.6) is 17.2 Å². The summed E-state index contributed by atoms with van der Waals surface area (Å²) >= 11 is 6.76. The van der Waals surface area contributed by atoms with Crippen molar-refractivity contribution in [3.63, 3.8) is 0 Å². The molecule has 11 heteroatoms. The fourth-order valence-corrected chi connectivity index (χ4v) is 6.79. The number of fused-ring (bicyclic) bond motifs is 1. The Hall–Kier alpha value is -5.44. The van der Waals surface area contributed by atoms with Gasteiger partial charge in [-0.15, -0.1) is 0 Å². The number of pyridine rings is 1. The summed E-state index contributed by atoms with van der Waals surface area (Å²) in [6.07, 6.45) is 3.07. The maximum Gasteiger partial charge on any atom is 0.326 e. The van der Waals surface area contributed by atoms with Crippen molar-refractivity contribution in [2.45, 2.75) is 52.1 Å². The van der Waals surface area contributed by atoms with E-state index in [1.54, 1.807) is 24.4 Å². The zero-order valence-corrected chi connectivity index (χ0v) is 31.7. The molecule has 6 rings (SSSR count). The van der Waals surface area contributed by atoms with Gasteiger partial charge in [-0.3, -0.25) is 20.0 Å². The Balaban J connectivity index is 1.25. The van der Waals surface area contributed by atoms with Gasteiger partial charge in [0, 0.05) is 41.7 Å². The van der Waals surface area contributed by atoms with Crippen LogP contribution in [0.1, 0.15) is 51.9 Å². The predicted octanol–water partition coefficient (Wildman–Crippen LogP) is 7.64. The van der Waals surface area contributed by atoms with E-state index in [1.807, 2.05) is 12.1 Å². The van der Waals surface area contributed by atoms with Gasteiger partial charge >= 0.3 is 5.97 Å². The molecule has 0 saturated heterocycles. The number of aromatic nitrogens is 1. The third kappa shape index (κ3) is 8.05. The number of hydrogen-bond donors (Lipinski definition) is 3. The van der Waals surface area contributed by atoms with Crippen LogP contribution in [0.15, 0.2) is 85.2 Å². The average Bonchev–Trinajstić information content (AvgIpc) is 3.60. The average molecular weight is 747 g/mol. The molecule has 0 saturated carbocycles. The Morgan fingerprint density at radius 3 is 2.43 bits per heavy atom. The molecule has 2 unspecified atom stereocenters. The molecular weight excluding hydrogens is 704 g/mol. The minimum absolute atomic E-state index is 0.0316. The number of rotatable bonds is 14. The molecule has 2 atom stereocenters. The molecule has 1 aromatic heterocycles. The van der Waals surface area contributed by atoms with Gasteiger partial charge in [0.25, 0.3) is 0 Å². The number of nitrogens with one attached hydrogen (secondary N) is 1. The van der Waals surface area contributed by atoms with E-state index in [1.165, 1.54) is 18.7 Å². The van der Waals surface area contributed by atoms with Crippen LogP contribution >= 0.6 is 11.6 Å². The maximum atomic E-state index is 11.8. The molecule has 1 aliphatic heterocycles. The number of carboxylic acids is 1. The molecule has 0 fully saturated rings. The number of aliphatic carboxylic acids is 1. The quantitative estimate of drug-likeness (QED) is 0.104. The topological polar surface area (TPSA) is 137 Å². The summed E-state index contributed by atoms with van der Waals surface area (Å²) < 4.78 is 18.6. The summed E-state index contributed by atoms with van der Waals surface area (Å²) in [5.74, 6) is 0.494. The molecule has 0 amide bonds. The lowest BCUT2D eigenvalue weighted by Crippen LogP contribution is -2.52. The van der Waals surface area contributed by atoms with E-state index >= 15 is 0 Å². The largest absolute Gasteiger partial charge is 0.491 e. The van der Waals surface area contributed by atoms with E-state index in [-0.39, 0.29) is 25.8 Å². The lowest BCUT2D eigenvalue weighted by Gasteiger charge is -2.25. The predicted molar refractivity (Wildman–Crippen MR) is 208 cm³/mol. The summed E-state index contributed by atoms with van der Waals surface area (Å²) in [7, 11) is 4.14. The summed E-state index contributed by atoms with van der Waals surface area (Å²) in [6.45, 7) is 5.98. The first-order chi connectivity index (χ1) is 25.9. The highest BCUT2D eigenvalue weighted by molar-refractivity contribution is 6.32. The van der Waals surface area contributed by atoms with Crippen LogP contribution in [-0.2, 0) is 24.6 Å². The summed E-state index contributed by atoms with van der Waals surface area (Å²) in [4.78, 5) is 18.1. The lowest BCUT2D eigenvalue weighted by atomic mass is 9.89. The number of carboxylic acid groups (broad SMARTS) is 1. The highest BCUT2D eigenvalue weighted by atomic mass is 35.5. The molecule has 10 nitrogen and oxygen atoms in total. The van der Waals surface area contributed by atoms with Crippen molar-refractivity contribution in [1.29, 1.82) is 5.26 Å². The Kier molecular flexibility index (Phi) is 11.5. The number of nitriles is 1. The number of ether oxygens (including phenoxy) is 3. The normalized spacial score (nSPS) is 14.5. The standard InChI is InChI=1S/C43H43ClN4O6/c1-26-31(8-6-10-34(26)35-11-7-9-33(27(35)2)30-12-13-36-38(48(4)5)24-54-40(36)16-30)23-53-41-17-39(52-22-29-14-28(18-45)19-46-20-29)32(15-37(41)44)21-47-43(3,25-49)42(50)51/h6-17,19-20,38,47,49H,21-25H2,1-5H3,(H,50,51). The Morgan fingerprint density at radius 2 is 1.70 bits per heavy atom. The van der Waals surface area contributed by atoms with E-state index < -0.39 is 18.1 Å². The Morgan fingerprint density at radius 1 is 0.981 bits per heavy atom.